The average molecular weight is 540 g/mol. The Hall–Kier alpha value is -3.79. The van der Waals surface area contributed by atoms with E-state index in [1.54, 1.807) is 12.1 Å². The van der Waals surface area contributed by atoms with Crippen molar-refractivity contribution in [3.63, 3.8) is 0 Å². The number of urea groups is 1. The number of rotatable bonds is 5. The summed E-state index contributed by atoms with van der Waals surface area (Å²) >= 11 is 6.48. The van der Waals surface area contributed by atoms with Crippen molar-refractivity contribution >= 4 is 41.2 Å². The van der Waals surface area contributed by atoms with Gasteiger partial charge in [0.25, 0.3) is 11.8 Å². The van der Waals surface area contributed by atoms with Gasteiger partial charge >= 0.3 is 12.1 Å². The van der Waals surface area contributed by atoms with E-state index < -0.39 is 24.1 Å². The van der Waals surface area contributed by atoms with E-state index in [-0.39, 0.29) is 5.91 Å². The Balaban J connectivity index is 1.17. The Bertz CT molecular complexity index is 1210. The Morgan fingerprint density at radius 2 is 1.61 bits per heavy atom. The van der Waals surface area contributed by atoms with Crippen LogP contribution in [0.5, 0.6) is 0 Å². The minimum Gasteiger partial charge on any atom is -0.367 e. The topological polar surface area (TPSA) is 102 Å². The van der Waals surface area contributed by atoms with Crippen molar-refractivity contribution < 1.29 is 24.0 Å². The summed E-state index contributed by atoms with van der Waals surface area (Å²) in [6, 6.07) is 13.0. The first-order chi connectivity index (χ1) is 18.4. The summed E-state index contributed by atoms with van der Waals surface area (Å²) in [4.78, 5) is 61.3. The van der Waals surface area contributed by atoms with Gasteiger partial charge in [-0.2, -0.15) is 0 Å². The molecule has 3 fully saturated rings. The van der Waals surface area contributed by atoms with E-state index in [2.05, 4.69) is 5.32 Å². The van der Waals surface area contributed by atoms with Crippen molar-refractivity contribution in [3.05, 3.63) is 64.7 Å². The van der Waals surface area contributed by atoms with E-state index in [1.807, 2.05) is 46.2 Å². The molecule has 2 aromatic rings. The zero-order valence-electron chi connectivity index (χ0n) is 21.0. The van der Waals surface area contributed by atoms with E-state index >= 15 is 0 Å². The van der Waals surface area contributed by atoms with E-state index in [9.17, 15) is 19.2 Å². The third-order valence-corrected chi connectivity index (χ3v) is 7.47. The number of anilines is 1. The van der Waals surface area contributed by atoms with Gasteiger partial charge in [-0.15, -0.1) is 0 Å². The average Bonchev–Trinajstić information content (AvgIpc) is 3.21. The quantitative estimate of drug-likeness (QED) is 0.585. The molecule has 0 radical (unpaired) electrons. The molecule has 3 saturated heterocycles. The van der Waals surface area contributed by atoms with Crippen LogP contribution in [-0.4, -0.2) is 84.1 Å². The van der Waals surface area contributed by atoms with Gasteiger partial charge in [0.2, 0.25) is 0 Å². The fourth-order valence-electron chi connectivity index (χ4n) is 5.02. The number of carbonyl (C=O) groups excluding carboxylic acids is 4. The smallest absolute Gasteiger partial charge is 0.367 e. The largest absolute Gasteiger partial charge is 0.434 e. The monoisotopic (exact) mass is 539 g/mol. The lowest BCUT2D eigenvalue weighted by Gasteiger charge is -2.36. The zero-order chi connectivity index (χ0) is 26.6. The molecule has 0 aliphatic carbocycles. The maximum absolute atomic E-state index is 13.0. The lowest BCUT2D eigenvalue weighted by molar-refractivity contribution is -0.151. The summed E-state index contributed by atoms with van der Waals surface area (Å²) in [5.74, 6) is -0.600. The van der Waals surface area contributed by atoms with Gasteiger partial charge in [-0.3, -0.25) is 9.59 Å². The van der Waals surface area contributed by atoms with Crippen molar-refractivity contribution in [2.75, 3.05) is 44.2 Å². The highest BCUT2D eigenvalue weighted by molar-refractivity contribution is 6.33. The highest BCUT2D eigenvalue weighted by atomic mass is 35.5. The van der Waals surface area contributed by atoms with Crippen molar-refractivity contribution in [3.8, 4) is 0 Å². The van der Waals surface area contributed by atoms with Crippen LogP contribution in [-0.2, 0) is 16.1 Å². The van der Waals surface area contributed by atoms with Gasteiger partial charge in [-0.1, -0.05) is 47.0 Å². The number of benzene rings is 2. The van der Waals surface area contributed by atoms with Gasteiger partial charge in [-0.05, 0) is 43.0 Å². The Morgan fingerprint density at radius 3 is 2.32 bits per heavy atom. The molecule has 5 rings (SSSR count). The highest BCUT2D eigenvalue weighted by Crippen LogP contribution is 2.29. The molecule has 3 aliphatic rings. The minimum atomic E-state index is -0.795. The number of hydrogen-bond acceptors (Lipinski definition) is 6. The second-order valence-corrected chi connectivity index (χ2v) is 10.1. The summed E-state index contributed by atoms with van der Waals surface area (Å²) in [6.45, 7) is 3.04. The first-order valence-corrected chi connectivity index (χ1v) is 13.3. The van der Waals surface area contributed by atoms with Crippen molar-refractivity contribution in [2.45, 2.75) is 31.7 Å². The van der Waals surface area contributed by atoms with Gasteiger partial charge in [0.05, 0.1) is 10.7 Å². The number of piperazine rings is 1. The third-order valence-electron chi connectivity index (χ3n) is 7.15. The fraction of sp³-hybridized carbons (Fsp3) is 0.407. The number of likely N-dealkylation sites (tertiary alicyclic amines) is 1. The van der Waals surface area contributed by atoms with Crippen molar-refractivity contribution in [2.24, 2.45) is 0 Å². The van der Waals surface area contributed by atoms with E-state index in [0.29, 0.717) is 48.2 Å². The maximum Gasteiger partial charge on any atom is 0.434 e. The van der Waals surface area contributed by atoms with Crippen molar-refractivity contribution in [1.82, 2.24) is 20.2 Å². The molecule has 3 heterocycles. The first-order valence-electron chi connectivity index (χ1n) is 12.9. The summed E-state index contributed by atoms with van der Waals surface area (Å²) in [6.07, 6.45) is 2.71. The zero-order valence-corrected chi connectivity index (χ0v) is 21.7. The number of halogens is 1. The normalized spacial score (nSPS) is 20.0. The SMILES string of the molecule is O=C(ON1C(=O)NC(Cc2ccccc2)C1=O)N1CCN(c2cc(C(=O)N3CCCCC3)ccc2Cl)CC1. The van der Waals surface area contributed by atoms with Crippen LogP contribution in [0.1, 0.15) is 35.2 Å². The van der Waals surface area contributed by atoms with E-state index in [1.165, 1.54) is 4.90 Å². The lowest BCUT2D eigenvalue weighted by atomic mass is 10.1. The van der Waals surface area contributed by atoms with Crippen LogP contribution in [0, 0.1) is 0 Å². The van der Waals surface area contributed by atoms with Crippen LogP contribution in [0.2, 0.25) is 5.02 Å². The van der Waals surface area contributed by atoms with E-state index in [0.717, 1.165) is 43.6 Å². The molecule has 10 nitrogen and oxygen atoms in total. The Labute approximate surface area is 226 Å². The molecule has 3 aliphatic heterocycles. The molecule has 0 spiro atoms. The summed E-state index contributed by atoms with van der Waals surface area (Å²) in [5, 5.41) is 3.61. The van der Waals surface area contributed by atoms with Gasteiger partial charge in [0, 0.05) is 51.3 Å². The molecule has 0 aromatic heterocycles. The number of hydroxylamine groups is 2. The maximum atomic E-state index is 13.0. The number of hydrogen-bond donors (Lipinski definition) is 1. The number of imide groups is 1. The fourth-order valence-corrected chi connectivity index (χ4v) is 5.26. The molecule has 200 valence electrons. The molecule has 0 bridgehead atoms. The minimum absolute atomic E-state index is 0.00366. The summed E-state index contributed by atoms with van der Waals surface area (Å²) in [7, 11) is 0. The first kappa shape index (κ1) is 25.8. The molecular formula is C27H30ClN5O5. The summed E-state index contributed by atoms with van der Waals surface area (Å²) in [5.41, 5.74) is 2.22. The predicted octanol–water partition coefficient (Wildman–Crippen LogP) is 3.30. The van der Waals surface area contributed by atoms with Crippen LogP contribution in [0.25, 0.3) is 0 Å². The Morgan fingerprint density at radius 1 is 0.895 bits per heavy atom. The number of nitrogens with zero attached hydrogens (tertiary/aromatic N) is 4. The van der Waals surface area contributed by atoms with Crippen LogP contribution in [0.4, 0.5) is 15.3 Å². The predicted molar refractivity (Wildman–Crippen MR) is 141 cm³/mol. The molecular weight excluding hydrogens is 510 g/mol. The number of carbonyl (C=O) groups is 4. The molecule has 2 aromatic carbocycles. The molecule has 38 heavy (non-hydrogen) atoms. The highest BCUT2D eigenvalue weighted by Gasteiger charge is 2.42. The van der Waals surface area contributed by atoms with Gasteiger partial charge < -0.3 is 24.9 Å². The van der Waals surface area contributed by atoms with Crippen LogP contribution in [0.3, 0.4) is 0 Å². The van der Waals surface area contributed by atoms with Crippen LogP contribution < -0.4 is 10.2 Å². The third kappa shape index (κ3) is 5.55. The van der Waals surface area contributed by atoms with Crippen molar-refractivity contribution in [1.29, 1.82) is 0 Å². The number of piperidine rings is 1. The lowest BCUT2D eigenvalue weighted by Crippen LogP contribution is -2.50. The Kier molecular flexibility index (Phi) is 7.69. The van der Waals surface area contributed by atoms with Gasteiger partial charge in [0.15, 0.2) is 0 Å². The molecule has 1 N–H and O–H groups in total. The van der Waals surface area contributed by atoms with Gasteiger partial charge in [0.1, 0.15) is 6.04 Å². The standard InChI is InChI=1S/C27H30ClN5O5/c28-21-10-9-20(24(34)31-11-5-2-6-12-31)18-23(21)30-13-15-32(16-14-30)27(37)38-33-25(35)22(29-26(33)36)17-19-7-3-1-4-8-19/h1,3-4,7-10,18,22H,2,5-6,11-17H2,(H,29,36). The summed E-state index contributed by atoms with van der Waals surface area (Å²) < 4.78 is 0. The second-order valence-electron chi connectivity index (χ2n) is 9.67. The molecule has 1 unspecified atom stereocenters. The van der Waals surface area contributed by atoms with Crippen LogP contribution >= 0.6 is 11.6 Å². The van der Waals surface area contributed by atoms with Crippen LogP contribution in [0.15, 0.2) is 48.5 Å². The molecule has 1 atom stereocenters. The number of nitrogens with one attached hydrogen (secondary N) is 1. The van der Waals surface area contributed by atoms with E-state index in [4.69, 9.17) is 16.4 Å². The molecule has 5 amide bonds. The molecule has 0 saturated carbocycles. The van der Waals surface area contributed by atoms with Gasteiger partial charge in [-0.25, -0.2) is 9.59 Å². The second kappa shape index (κ2) is 11.3. The molecule has 11 heteroatoms. The number of amides is 5.